The maximum atomic E-state index is 13.5. The molecule has 0 bridgehead atoms. The number of nitrogens with zero attached hydrogens (tertiary/aromatic N) is 8. The zero-order valence-electron chi connectivity index (χ0n) is 72.8. The van der Waals surface area contributed by atoms with Crippen molar-refractivity contribution in [2.24, 2.45) is 0 Å². The van der Waals surface area contributed by atoms with Gasteiger partial charge in [-0.15, -0.1) is 52.7 Å². The summed E-state index contributed by atoms with van der Waals surface area (Å²) in [5, 5.41) is 0. The first-order valence-corrected chi connectivity index (χ1v) is 44.2. The molecule has 12 aromatic rings. The third-order valence-electron chi connectivity index (χ3n) is 21.6. The van der Waals surface area contributed by atoms with Crippen LogP contribution >= 0.6 is 0 Å². The molecule has 0 unspecified atom stereocenters. The van der Waals surface area contributed by atoms with Crippen molar-refractivity contribution in [3.63, 3.8) is 0 Å². The summed E-state index contributed by atoms with van der Waals surface area (Å²) in [4.78, 5) is 82.9. The number of benzene rings is 8. The number of carbonyl (C=O) groups is 2. The summed E-state index contributed by atoms with van der Waals surface area (Å²) in [6.07, 6.45) is -12.0. The molecule has 8 aromatic carbocycles. The highest BCUT2D eigenvalue weighted by Crippen LogP contribution is 2.38. The van der Waals surface area contributed by atoms with Gasteiger partial charge < -0.3 is 57.3 Å². The van der Waals surface area contributed by atoms with Crippen LogP contribution in [0.15, 0.2) is 262 Å². The van der Waals surface area contributed by atoms with Crippen molar-refractivity contribution >= 4 is 21.7 Å². The van der Waals surface area contributed by atoms with Crippen LogP contribution in [-0.2, 0) is 24.2 Å². The van der Waals surface area contributed by atoms with Crippen LogP contribution in [0.4, 0.5) is 70.2 Å². The summed E-state index contributed by atoms with van der Waals surface area (Å²) in [6.45, 7) is 7.31. The molecule has 0 aliphatic carbocycles. The largest absolute Gasteiger partial charge is 0.573 e. The molecule has 0 saturated carbocycles. The first kappa shape index (κ1) is 101. The minimum atomic E-state index is -4.84. The molecule has 4 saturated heterocycles. The Kier molecular flexibility index (Phi) is 32.7. The third-order valence-corrected chi connectivity index (χ3v) is 23.3. The van der Waals surface area contributed by atoms with Gasteiger partial charge >= 0.3 is 25.4 Å². The van der Waals surface area contributed by atoms with E-state index in [1.165, 1.54) is 195 Å². The number of piperazine rings is 1. The number of pyridine rings is 4. The highest BCUT2D eigenvalue weighted by Gasteiger charge is 2.35. The lowest BCUT2D eigenvalue weighted by atomic mass is 10.1. The number of likely N-dealkylation sites (tertiary alicyclic amines) is 1. The van der Waals surface area contributed by atoms with Gasteiger partial charge in [-0.3, -0.25) is 51.9 Å². The van der Waals surface area contributed by atoms with Gasteiger partial charge in [0.05, 0.1) is 31.2 Å². The number of rotatable bonds is 26. The number of carbonyl (C=O) groups excluding carboxylic acids is 2. The molecule has 4 aliphatic heterocycles. The predicted molar refractivity (Wildman–Crippen MR) is 472 cm³/mol. The van der Waals surface area contributed by atoms with Crippen LogP contribution in [0.25, 0.3) is 67.3 Å². The molecule has 4 fully saturated rings. The van der Waals surface area contributed by atoms with Crippen molar-refractivity contribution in [2.45, 2.75) is 57.2 Å². The lowest BCUT2D eigenvalue weighted by molar-refractivity contribution is -0.275. The summed E-state index contributed by atoms with van der Waals surface area (Å²) < 4.78 is 276. The van der Waals surface area contributed by atoms with E-state index < -0.39 is 110 Å². The predicted octanol–water partition coefficient (Wildman–Crippen LogP) is 17.0. The summed E-state index contributed by atoms with van der Waals surface area (Å²) in [6, 6.07) is 46.8. The summed E-state index contributed by atoms with van der Waals surface area (Å²) in [5.74, 6) is -2.55. The Hall–Kier alpha value is -14.4. The Morgan fingerprint density at radius 3 is 0.935 bits per heavy atom. The molecule has 8 heterocycles. The third kappa shape index (κ3) is 29.1. The number of alkyl halides is 12. The molecular formula is C96H84F16N8O17S. The van der Waals surface area contributed by atoms with Crippen LogP contribution < -0.4 is 60.1 Å². The summed E-state index contributed by atoms with van der Waals surface area (Å²) >= 11 is 0. The van der Waals surface area contributed by atoms with Crippen LogP contribution in [0.1, 0.15) is 25.7 Å². The Balaban J connectivity index is 0.000000155. The van der Waals surface area contributed by atoms with E-state index in [2.05, 4.69) is 35.8 Å². The molecule has 25 nitrogen and oxygen atoms in total. The molecule has 42 heteroatoms. The fourth-order valence-corrected chi connectivity index (χ4v) is 16.2. The minimum absolute atomic E-state index is 0.00365. The van der Waals surface area contributed by atoms with Crippen molar-refractivity contribution in [2.75, 3.05) is 110 Å². The topological polar surface area (TPSA) is 252 Å². The van der Waals surface area contributed by atoms with Gasteiger partial charge in [0, 0.05) is 146 Å². The lowest BCUT2D eigenvalue weighted by Gasteiger charge is -2.32. The Labute approximate surface area is 775 Å². The highest BCUT2D eigenvalue weighted by atomic mass is 32.2. The second-order valence-corrected chi connectivity index (χ2v) is 33.6. The number of ether oxygens (including phenoxy) is 9. The number of morpholine rings is 1. The number of hydrogen-bond donors (Lipinski definition) is 0. The van der Waals surface area contributed by atoms with E-state index in [0.29, 0.717) is 113 Å². The standard InChI is InChI=1S/C25H25F4N3O3.C24H20F4N2O5.C24H20F4N2O4.C23H19F4NO5S/c1-30-10-12-31(13-11-30)14-15-34-23-16-24(33)32(17-22(23)18-2-4-19(26)5-3-18)20-6-8-21(9-7-20)35-25(27,28)29;25-17-3-1-16(2-4-17)20-14-30(18-5-7-19(8-6-18)35-24(26,27)28)22(31)13-21(20)34-12-10-29-9-11-33-15-23(29)32;25-17-5-3-16(4-6-17)20-15-30(18-7-9-19(10-8-18)34-24(26,27)28)23(32)14-21(20)33-13-12-29-11-1-2-22(29)31;24-16-3-1-15(2-4-16)20-14-28(17-5-7-19(8-6-17)33-23(25,26)27)22(29)13-21(20)32-18-9-11-34(30,31)12-10-18/h2-9,16-17H,10-15H2,1H3;1-8,13-14H,9-12,15H2;3-10,14-15H,1-2,11-13H2;1-8,13-14,18H,9-12H2. The van der Waals surface area contributed by atoms with Gasteiger partial charge in [0.2, 0.25) is 11.8 Å². The SMILES string of the molecule is CN1CCN(CCOc2cc(=O)n(-c3ccc(OC(F)(F)F)cc3)cc2-c2ccc(F)cc2)CC1.O=C1CCCN1CCOc1cc(=O)n(-c2ccc(OC(F)(F)F)cc2)cc1-c1ccc(F)cc1.O=C1COCCN1CCOc1cc(=O)n(-c2ccc(OC(F)(F)F)cc2)cc1-c1ccc(F)cc1.O=c1cc(OC2CCS(=O)(=O)CC2)c(-c2ccc(F)cc2)cn1-c1ccc(OC(F)(F)F)cc1. The molecule has 0 atom stereocenters. The van der Waals surface area contributed by atoms with Gasteiger partial charge in [-0.05, 0) is 194 Å². The molecule has 728 valence electrons. The van der Waals surface area contributed by atoms with Crippen molar-refractivity contribution in [3.05, 3.63) is 308 Å². The van der Waals surface area contributed by atoms with Crippen LogP contribution in [-0.4, -0.2) is 200 Å². The quantitative estimate of drug-likeness (QED) is 0.0457. The van der Waals surface area contributed by atoms with E-state index in [9.17, 15) is 107 Å². The Bertz CT molecular complexity index is 6560. The van der Waals surface area contributed by atoms with E-state index in [-0.39, 0.29) is 85.5 Å². The van der Waals surface area contributed by atoms with E-state index >= 15 is 0 Å². The normalized spacial score (nSPS) is 14.9. The molecule has 4 aliphatic rings. The zero-order valence-corrected chi connectivity index (χ0v) is 73.6. The smallest absolute Gasteiger partial charge is 0.491 e. The van der Waals surface area contributed by atoms with E-state index in [0.717, 1.165) is 81.1 Å². The number of likely N-dealkylation sites (N-methyl/N-ethyl adjacent to an activating group) is 1. The van der Waals surface area contributed by atoms with Gasteiger partial charge in [-0.1, -0.05) is 48.5 Å². The van der Waals surface area contributed by atoms with Crippen molar-refractivity contribution in [1.29, 1.82) is 0 Å². The van der Waals surface area contributed by atoms with Crippen molar-refractivity contribution < 1.29 is 131 Å². The number of aromatic nitrogens is 4. The van der Waals surface area contributed by atoms with Gasteiger partial charge in [-0.25, -0.2) is 26.0 Å². The second-order valence-electron chi connectivity index (χ2n) is 31.3. The number of amides is 2. The molecule has 4 aromatic heterocycles. The van der Waals surface area contributed by atoms with Gasteiger partial charge in [-0.2, -0.15) is 0 Å². The number of halogens is 16. The minimum Gasteiger partial charge on any atom is -0.491 e. The molecule has 138 heavy (non-hydrogen) atoms. The zero-order chi connectivity index (χ0) is 98.8. The second kappa shape index (κ2) is 44.6. The van der Waals surface area contributed by atoms with Crippen LogP contribution in [0.5, 0.6) is 46.0 Å². The summed E-state index contributed by atoms with van der Waals surface area (Å²) in [7, 11) is -1.03. The number of hydrogen-bond acceptors (Lipinski definition) is 19. The van der Waals surface area contributed by atoms with Gasteiger partial charge in [0.15, 0.2) is 9.84 Å². The first-order valence-electron chi connectivity index (χ1n) is 42.4. The molecule has 0 N–H and O–H groups in total. The molecular weight excluding hydrogens is 1870 g/mol. The van der Waals surface area contributed by atoms with Crippen molar-refractivity contribution in [1.82, 2.24) is 37.9 Å². The van der Waals surface area contributed by atoms with Crippen LogP contribution in [0, 0.1) is 23.3 Å². The molecule has 16 rings (SSSR count). The maximum Gasteiger partial charge on any atom is 0.573 e. The number of sulfone groups is 1. The van der Waals surface area contributed by atoms with E-state index in [4.69, 9.17) is 23.7 Å². The van der Waals surface area contributed by atoms with Gasteiger partial charge in [0.25, 0.3) is 22.2 Å². The maximum absolute atomic E-state index is 13.5. The van der Waals surface area contributed by atoms with E-state index in [1.54, 1.807) is 28.1 Å². The van der Waals surface area contributed by atoms with Crippen molar-refractivity contribution in [3.8, 4) is 113 Å². The lowest BCUT2D eigenvalue weighted by Crippen LogP contribution is -2.45. The Morgan fingerprint density at radius 2 is 0.645 bits per heavy atom. The molecule has 0 spiro atoms. The average molecular weight is 1960 g/mol. The van der Waals surface area contributed by atoms with Crippen LogP contribution in [0.3, 0.4) is 0 Å². The fraction of sp³-hybridized carbons (Fsp3) is 0.271. The molecule has 2 amide bonds. The average Bonchev–Trinajstić information content (AvgIpc) is 0.886. The highest BCUT2D eigenvalue weighted by molar-refractivity contribution is 7.91. The fourth-order valence-electron chi connectivity index (χ4n) is 14.7. The summed E-state index contributed by atoms with van der Waals surface area (Å²) in [5.41, 5.74) is 3.49. The molecule has 0 radical (unpaired) electrons. The monoisotopic (exact) mass is 1960 g/mol. The first-order chi connectivity index (χ1) is 65.5. The van der Waals surface area contributed by atoms with E-state index in [1.807, 2.05) is 0 Å². The van der Waals surface area contributed by atoms with Crippen LogP contribution in [0.2, 0.25) is 0 Å². The van der Waals surface area contributed by atoms with Gasteiger partial charge in [0.1, 0.15) is 102 Å². The Morgan fingerprint density at radius 1 is 0.355 bits per heavy atom.